The maximum absolute atomic E-state index is 13.3. The maximum atomic E-state index is 13.3. The smallest absolute Gasteiger partial charge is 0.325 e. The van der Waals surface area contributed by atoms with Gasteiger partial charge in [-0.1, -0.05) is 36.0 Å². The fourth-order valence-electron chi connectivity index (χ4n) is 1.93. The molecule has 1 unspecified atom stereocenters. The number of hydrogen-bond acceptors (Lipinski definition) is 5. The van der Waals surface area contributed by atoms with Gasteiger partial charge in [0.2, 0.25) is 11.1 Å². The molecule has 0 aliphatic rings. The Morgan fingerprint density at radius 2 is 1.96 bits per heavy atom. The number of para-hydroxylation sites is 1. The highest BCUT2D eigenvalue weighted by molar-refractivity contribution is 8.00. The van der Waals surface area contributed by atoms with Crippen molar-refractivity contribution < 1.29 is 18.0 Å². The lowest BCUT2D eigenvalue weighted by Gasteiger charge is -2.17. The van der Waals surface area contributed by atoms with Gasteiger partial charge in [0.1, 0.15) is 0 Å². The van der Waals surface area contributed by atoms with E-state index < -0.39 is 17.3 Å². The van der Waals surface area contributed by atoms with Crippen LogP contribution >= 0.6 is 23.1 Å². The molecule has 25 heavy (non-hydrogen) atoms. The average molecular weight is 384 g/mol. The Balaban J connectivity index is 1.76. The zero-order valence-electron chi connectivity index (χ0n) is 12.4. The average Bonchev–Trinajstić information content (AvgIpc) is 3.23. The number of anilines is 1. The van der Waals surface area contributed by atoms with Gasteiger partial charge >= 0.3 is 6.18 Å². The number of benzene rings is 1. The third-order valence-electron chi connectivity index (χ3n) is 3.02. The third-order valence-corrected chi connectivity index (χ3v) is 5.01. The number of nitrogens with zero attached hydrogens (tertiary/aromatic N) is 2. The van der Waals surface area contributed by atoms with Crippen LogP contribution in [-0.4, -0.2) is 32.5 Å². The van der Waals surface area contributed by atoms with Crippen molar-refractivity contribution in [3.8, 4) is 10.7 Å². The predicted molar refractivity (Wildman–Crippen MR) is 90.5 cm³/mol. The van der Waals surface area contributed by atoms with Crippen LogP contribution in [-0.2, 0) is 4.79 Å². The molecule has 10 heteroatoms. The topological polar surface area (TPSA) is 70.7 Å². The number of rotatable bonds is 5. The number of halogens is 3. The largest absolute Gasteiger partial charge is 0.409 e. The molecule has 3 rings (SSSR count). The van der Waals surface area contributed by atoms with Crippen LogP contribution in [0.5, 0.6) is 0 Å². The van der Waals surface area contributed by atoms with E-state index in [0.29, 0.717) is 5.82 Å². The second kappa shape index (κ2) is 7.28. The lowest BCUT2D eigenvalue weighted by molar-refractivity contribution is -0.146. The van der Waals surface area contributed by atoms with Gasteiger partial charge in [0, 0.05) is 5.69 Å². The molecule has 2 N–H and O–H groups in total. The van der Waals surface area contributed by atoms with Crippen LogP contribution in [0.25, 0.3) is 10.7 Å². The van der Waals surface area contributed by atoms with Gasteiger partial charge in [0.15, 0.2) is 11.1 Å². The standard InChI is InChI=1S/C15H11F3N4OS2/c16-15(17,18)11(13(23)19-9-5-2-1-3-6-9)25-14-20-12(21-22-14)10-7-4-8-24-10/h1-8,11H,(H,19,23)(H,20,21,22). The van der Waals surface area contributed by atoms with Gasteiger partial charge in [-0.05, 0) is 23.6 Å². The van der Waals surface area contributed by atoms with Gasteiger partial charge in [0.05, 0.1) is 4.88 Å². The van der Waals surface area contributed by atoms with Gasteiger partial charge in [-0.3, -0.25) is 9.89 Å². The summed E-state index contributed by atoms with van der Waals surface area (Å²) < 4.78 is 39.9. The first kappa shape index (κ1) is 17.5. The number of H-pyrrole nitrogens is 1. The van der Waals surface area contributed by atoms with Crippen LogP contribution in [0.1, 0.15) is 0 Å². The van der Waals surface area contributed by atoms with E-state index in [0.717, 1.165) is 4.88 Å². The molecule has 2 heterocycles. The van der Waals surface area contributed by atoms with Crippen LogP contribution < -0.4 is 5.32 Å². The van der Waals surface area contributed by atoms with Gasteiger partial charge in [-0.2, -0.15) is 13.2 Å². The summed E-state index contributed by atoms with van der Waals surface area (Å²) in [5.41, 5.74) is 0.289. The Kier molecular flexibility index (Phi) is 5.09. The first-order valence-electron chi connectivity index (χ1n) is 6.99. The zero-order chi connectivity index (χ0) is 17.9. The minimum Gasteiger partial charge on any atom is -0.325 e. The van der Waals surface area contributed by atoms with Gasteiger partial charge in [-0.25, -0.2) is 4.98 Å². The lowest BCUT2D eigenvalue weighted by atomic mass is 10.3. The second-order valence-electron chi connectivity index (χ2n) is 4.84. The summed E-state index contributed by atoms with van der Waals surface area (Å²) in [4.78, 5) is 16.9. The van der Waals surface area contributed by atoms with E-state index in [1.807, 2.05) is 5.38 Å². The number of amides is 1. The highest BCUT2D eigenvalue weighted by Gasteiger charge is 2.46. The van der Waals surface area contributed by atoms with Crippen molar-refractivity contribution in [2.45, 2.75) is 16.6 Å². The molecule has 0 radical (unpaired) electrons. The van der Waals surface area contributed by atoms with Crippen LogP contribution in [0, 0.1) is 0 Å². The van der Waals surface area contributed by atoms with Crippen LogP contribution in [0.3, 0.4) is 0 Å². The molecular weight excluding hydrogens is 373 g/mol. The summed E-state index contributed by atoms with van der Waals surface area (Å²) >= 11 is 1.63. The van der Waals surface area contributed by atoms with E-state index in [1.54, 1.807) is 30.3 Å². The van der Waals surface area contributed by atoms with E-state index >= 15 is 0 Å². The molecule has 0 saturated carbocycles. The Hall–Kier alpha value is -2.33. The van der Waals surface area contributed by atoms with Crippen molar-refractivity contribution in [2.24, 2.45) is 0 Å². The zero-order valence-corrected chi connectivity index (χ0v) is 14.1. The Morgan fingerprint density at radius 1 is 1.20 bits per heavy atom. The number of carbonyl (C=O) groups excluding carboxylic acids is 1. The van der Waals surface area contributed by atoms with E-state index in [2.05, 4.69) is 20.5 Å². The van der Waals surface area contributed by atoms with Gasteiger partial charge in [0.25, 0.3) is 0 Å². The Labute approximate surface area is 148 Å². The number of nitrogens with one attached hydrogen (secondary N) is 2. The minimum atomic E-state index is -4.74. The molecule has 130 valence electrons. The van der Waals surface area contributed by atoms with Crippen molar-refractivity contribution in [2.75, 3.05) is 5.32 Å². The maximum Gasteiger partial charge on any atom is 0.409 e. The summed E-state index contributed by atoms with van der Waals surface area (Å²) in [6.45, 7) is 0. The van der Waals surface area contributed by atoms with Crippen LogP contribution in [0.15, 0.2) is 53.0 Å². The molecule has 0 saturated heterocycles. The molecule has 0 bridgehead atoms. The molecule has 0 aliphatic heterocycles. The summed E-state index contributed by atoms with van der Waals surface area (Å²) in [7, 11) is 0. The molecule has 3 aromatic rings. The van der Waals surface area contributed by atoms with Crippen molar-refractivity contribution >= 4 is 34.7 Å². The van der Waals surface area contributed by atoms with Crippen molar-refractivity contribution in [3.05, 3.63) is 47.8 Å². The van der Waals surface area contributed by atoms with Crippen LogP contribution in [0.4, 0.5) is 18.9 Å². The first-order chi connectivity index (χ1) is 11.9. The number of aromatic nitrogens is 3. The molecule has 0 spiro atoms. The van der Waals surface area contributed by atoms with Gasteiger partial charge in [-0.15, -0.1) is 16.4 Å². The fraction of sp³-hybridized carbons (Fsp3) is 0.133. The fourth-order valence-corrected chi connectivity index (χ4v) is 3.34. The number of thiophene rings is 1. The summed E-state index contributed by atoms with van der Waals surface area (Å²) in [6.07, 6.45) is -4.74. The summed E-state index contributed by atoms with van der Waals surface area (Å²) in [5.74, 6) is -0.812. The second-order valence-corrected chi connectivity index (χ2v) is 6.86. The highest BCUT2D eigenvalue weighted by atomic mass is 32.2. The van der Waals surface area contributed by atoms with E-state index in [4.69, 9.17) is 0 Å². The molecule has 1 atom stereocenters. The summed E-state index contributed by atoms with van der Waals surface area (Å²) in [6, 6.07) is 11.5. The SMILES string of the molecule is O=C(Nc1ccccc1)C(Sc1n[nH]c(-c2cccs2)n1)C(F)(F)F. The molecule has 5 nitrogen and oxygen atoms in total. The van der Waals surface area contributed by atoms with Gasteiger partial charge < -0.3 is 5.32 Å². The van der Waals surface area contributed by atoms with E-state index in [9.17, 15) is 18.0 Å². The quantitative estimate of drug-likeness (QED) is 0.647. The van der Waals surface area contributed by atoms with E-state index in [-0.39, 0.29) is 22.6 Å². The van der Waals surface area contributed by atoms with Crippen LogP contribution in [0.2, 0.25) is 0 Å². The molecule has 0 aliphatic carbocycles. The molecule has 0 fully saturated rings. The number of carbonyl (C=O) groups is 1. The number of alkyl halides is 3. The minimum absolute atomic E-state index is 0.145. The molecule has 2 aromatic heterocycles. The molecular formula is C15H11F3N4OS2. The predicted octanol–water partition coefficient (Wildman–Crippen LogP) is 4.19. The van der Waals surface area contributed by atoms with Crippen molar-refractivity contribution in [1.82, 2.24) is 15.2 Å². The lowest BCUT2D eigenvalue weighted by Crippen LogP contribution is -2.38. The van der Waals surface area contributed by atoms with Crippen molar-refractivity contribution in [3.63, 3.8) is 0 Å². The number of hydrogen-bond donors (Lipinski definition) is 2. The normalized spacial score (nSPS) is 12.8. The monoisotopic (exact) mass is 384 g/mol. The molecule has 1 aromatic carbocycles. The third kappa shape index (κ3) is 4.40. The highest BCUT2D eigenvalue weighted by Crippen LogP contribution is 2.35. The Morgan fingerprint density at radius 3 is 2.60 bits per heavy atom. The molecule has 1 amide bonds. The number of thioether (sulfide) groups is 1. The Bertz CT molecular complexity index is 834. The van der Waals surface area contributed by atoms with E-state index in [1.165, 1.54) is 23.5 Å². The van der Waals surface area contributed by atoms with Crippen molar-refractivity contribution in [1.29, 1.82) is 0 Å². The summed E-state index contributed by atoms with van der Waals surface area (Å²) in [5, 5.41) is 7.96. The first-order valence-corrected chi connectivity index (χ1v) is 8.75. The number of aromatic amines is 1.